The molecule has 21 heavy (non-hydrogen) atoms. The number of piperazine rings is 1. The van der Waals surface area contributed by atoms with Gasteiger partial charge < -0.3 is 19.9 Å². The minimum atomic E-state index is 0.0402. The van der Waals surface area contributed by atoms with Gasteiger partial charge in [0, 0.05) is 50.4 Å². The fourth-order valence-electron chi connectivity index (χ4n) is 2.70. The van der Waals surface area contributed by atoms with Crippen molar-refractivity contribution < 1.29 is 9.53 Å². The first-order chi connectivity index (χ1) is 10.2. The van der Waals surface area contributed by atoms with E-state index in [9.17, 15) is 4.79 Å². The average molecular weight is 291 g/mol. The van der Waals surface area contributed by atoms with Crippen LogP contribution in [0.4, 0.5) is 5.69 Å². The third-order valence-corrected chi connectivity index (χ3v) is 3.94. The maximum Gasteiger partial charge on any atom is 0.226 e. The lowest BCUT2D eigenvalue weighted by molar-refractivity contribution is -0.135. The van der Waals surface area contributed by atoms with Gasteiger partial charge in [-0.05, 0) is 19.2 Å². The van der Waals surface area contributed by atoms with Crippen molar-refractivity contribution in [3.8, 4) is 5.75 Å². The van der Waals surface area contributed by atoms with E-state index in [0.717, 1.165) is 44.2 Å². The van der Waals surface area contributed by atoms with Crippen LogP contribution in [0, 0.1) is 5.92 Å². The van der Waals surface area contributed by atoms with E-state index in [0.29, 0.717) is 0 Å². The molecule has 1 unspecified atom stereocenters. The number of ether oxygens (including phenoxy) is 1. The minimum Gasteiger partial charge on any atom is -0.497 e. The van der Waals surface area contributed by atoms with Crippen LogP contribution < -0.4 is 15.0 Å². The molecule has 1 amide bonds. The highest BCUT2D eigenvalue weighted by molar-refractivity contribution is 5.79. The molecule has 0 radical (unpaired) electrons. The van der Waals surface area contributed by atoms with E-state index in [1.54, 1.807) is 7.11 Å². The third-order valence-electron chi connectivity index (χ3n) is 3.94. The van der Waals surface area contributed by atoms with Gasteiger partial charge in [-0.25, -0.2) is 0 Å². The van der Waals surface area contributed by atoms with Gasteiger partial charge in [-0.3, -0.25) is 4.79 Å². The Morgan fingerprint density at radius 1 is 1.33 bits per heavy atom. The Morgan fingerprint density at radius 2 is 2.05 bits per heavy atom. The van der Waals surface area contributed by atoms with Crippen LogP contribution in [0.5, 0.6) is 5.75 Å². The summed E-state index contributed by atoms with van der Waals surface area (Å²) in [6, 6.07) is 8.08. The van der Waals surface area contributed by atoms with Gasteiger partial charge in [-0.1, -0.05) is 13.0 Å². The predicted octanol–water partition coefficient (Wildman–Crippen LogP) is 1.20. The summed E-state index contributed by atoms with van der Waals surface area (Å²) < 4.78 is 5.27. The van der Waals surface area contributed by atoms with E-state index in [1.807, 2.05) is 37.1 Å². The molecule has 0 bridgehead atoms. The monoisotopic (exact) mass is 291 g/mol. The summed E-state index contributed by atoms with van der Waals surface area (Å²) in [5.41, 5.74) is 1.16. The Kier molecular flexibility index (Phi) is 5.44. The summed E-state index contributed by atoms with van der Waals surface area (Å²) in [5.74, 6) is 1.15. The molecule has 2 rings (SSSR count). The molecular formula is C16H25N3O2. The maximum absolute atomic E-state index is 12.3. The van der Waals surface area contributed by atoms with Gasteiger partial charge in [0.15, 0.2) is 0 Å². The molecule has 1 fully saturated rings. The van der Waals surface area contributed by atoms with E-state index < -0.39 is 0 Å². The summed E-state index contributed by atoms with van der Waals surface area (Å²) >= 11 is 0. The number of carbonyl (C=O) groups is 1. The Balaban J connectivity index is 1.92. The van der Waals surface area contributed by atoms with Gasteiger partial charge in [0.05, 0.1) is 7.11 Å². The van der Waals surface area contributed by atoms with Crippen molar-refractivity contribution in [1.82, 2.24) is 10.2 Å². The van der Waals surface area contributed by atoms with Gasteiger partial charge in [0.25, 0.3) is 0 Å². The predicted molar refractivity (Wildman–Crippen MR) is 84.9 cm³/mol. The number of anilines is 1. The van der Waals surface area contributed by atoms with E-state index in [2.05, 4.69) is 16.3 Å². The minimum absolute atomic E-state index is 0.0402. The van der Waals surface area contributed by atoms with Crippen molar-refractivity contribution in [3.63, 3.8) is 0 Å². The first-order valence-corrected chi connectivity index (χ1v) is 7.48. The highest BCUT2D eigenvalue weighted by atomic mass is 16.5. The first-order valence-electron chi connectivity index (χ1n) is 7.48. The van der Waals surface area contributed by atoms with Crippen molar-refractivity contribution in [2.24, 2.45) is 5.92 Å². The molecule has 1 N–H and O–H groups in total. The highest BCUT2D eigenvalue weighted by Gasteiger charge is 2.24. The zero-order valence-electron chi connectivity index (χ0n) is 13.1. The van der Waals surface area contributed by atoms with Crippen LogP contribution in [0.3, 0.4) is 0 Å². The molecule has 5 heteroatoms. The van der Waals surface area contributed by atoms with Crippen LogP contribution in [-0.2, 0) is 4.79 Å². The second kappa shape index (κ2) is 7.31. The largest absolute Gasteiger partial charge is 0.497 e. The van der Waals surface area contributed by atoms with Crippen LogP contribution in [0.1, 0.15) is 6.92 Å². The fraction of sp³-hybridized carbons (Fsp3) is 0.562. The van der Waals surface area contributed by atoms with Crippen LogP contribution in [-0.4, -0.2) is 57.7 Å². The summed E-state index contributed by atoms with van der Waals surface area (Å²) in [4.78, 5) is 16.6. The zero-order valence-corrected chi connectivity index (χ0v) is 13.1. The number of benzene rings is 1. The maximum atomic E-state index is 12.3. The van der Waals surface area contributed by atoms with Crippen molar-refractivity contribution in [3.05, 3.63) is 24.3 Å². The molecule has 1 aromatic carbocycles. The lowest BCUT2D eigenvalue weighted by Gasteiger charge is -2.37. The SMILES string of the molecule is CNCC(C)C(=O)N1CCN(c2cccc(OC)c2)CC1. The van der Waals surface area contributed by atoms with Gasteiger partial charge >= 0.3 is 0 Å². The van der Waals surface area contributed by atoms with E-state index >= 15 is 0 Å². The molecule has 0 aromatic heterocycles. The fourth-order valence-corrected chi connectivity index (χ4v) is 2.70. The average Bonchev–Trinajstić information content (AvgIpc) is 2.54. The van der Waals surface area contributed by atoms with Crippen molar-refractivity contribution >= 4 is 11.6 Å². The highest BCUT2D eigenvalue weighted by Crippen LogP contribution is 2.22. The second-order valence-corrected chi connectivity index (χ2v) is 5.47. The number of nitrogens with one attached hydrogen (secondary N) is 1. The third kappa shape index (κ3) is 3.88. The normalized spacial score (nSPS) is 16.7. The van der Waals surface area contributed by atoms with E-state index in [4.69, 9.17) is 4.74 Å². The van der Waals surface area contributed by atoms with Gasteiger partial charge in [0.2, 0.25) is 5.91 Å². The van der Waals surface area contributed by atoms with Crippen molar-refractivity contribution in [1.29, 1.82) is 0 Å². The standard InChI is InChI=1S/C16H25N3O2/c1-13(12-17-2)16(20)19-9-7-18(8-10-19)14-5-4-6-15(11-14)21-3/h4-6,11,13,17H,7-10,12H2,1-3H3. The molecule has 0 spiro atoms. The van der Waals surface area contributed by atoms with Gasteiger partial charge in [-0.15, -0.1) is 0 Å². The van der Waals surface area contributed by atoms with Crippen LogP contribution in [0.25, 0.3) is 0 Å². The topological polar surface area (TPSA) is 44.8 Å². The zero-order chi connectivity index (χ0) is 15.2. The van der Waals surface area contributed by atoms with Crippen LogP contribution in [0.2, 0.25) is 0 Å². The number of amides is 1. The first kappa shape index (κ1) is 15.6. The number of rotatable bonds is 5. The molecule has 1 saturated heterocycles. The lowest BCUT2D eigenvalue weighted by atomic mass is 10.1. The summed E-state index contributed by atoms with van der Waals surface area (Å²) in [6.45, 7) is 6.01. The van der Waals surface area contributed by atoms with Crippen LogP contribution >= 0.6 is 0 Å². The quantitative estimate of drug-likeness (QED) is 0.885. The summed E-state index contributed by atoms with van der Waals surface area (Å²) in [7, 11) is 3.56. The smallest absolute Gasteiger partial charge is 0.226 e. The van der Waals surface area contributed by atoms with E-state index in [-0.39, 0.29) is 11.8 Å². The Hall–Kier alpha value is -1.75. The lowest BCUT2D eigenvalue weighted by Crippen LogP contribution is -2.51. The van der Waals surface area contributed by atoms with Crippen LogP contribution in [0.15, 0.2) is 24.3 Å². The molecular weight excluding hydrogens is 266 g/mol. The number of carbonyl (C=O) groups excluding carboxylic acids is 1. The number of hydrogen-bond donors (Lipinski definition) is 1. The molecule has 1 aliphatic rings. The molecule has 1 atom stereocenters. The molecule has 116 valence electrons. The molecule has 1 aromatic rings. The Morgan fingerprint density at radius 3 is 2.67 bits per heavy atom. The van der Waals surface area contributed by atoms with Crippen molar-refractivity contribution in [2.75, 3.05) is 51.8 Å². The van der Waals surface area contributed by atoms with Gasteiger partial charge in [0.1, 0.15) is 5.75 Å². The molecule has 0 saturated carbocycles. The van der Waals surface area contributed by atoms with Gasteiger partial charge in [-0.2, -0.15) is 0 Å². The Bertz CT molecular complexity index is 470. The number of methoxy groups -OCH3 is 1. The van der Waals surface area contributed by atoms with Crippen molar-refractivity contribution in [2.45, 2.75) is 6.92 Å². The molecule has 5 nitrogen and oxygen atoms in total. The number of nitrogens with zero attached hydrogens (tertiary/aromatic N) is 2. The second-order valence-electron chi connectivity index (χ2n) is 5.47. The summed E-state index contributed by atoms with van der Waals surface area (Å²) in [6.07, 6.45) is 0. The Labute approximate surface area is 126 Å². The molecule has 1 aliphatic heterocycles. The number of hydrogen-bond acceptors (Lipinski definition) is 4. The van der Waals surface area contributed by atoms with E-state index in [1.165, 1.54) is 0 Å². The summed E-state index contributed by atoms with van der Waals surface area (Å²) in [5, 5.41) is 3.06. The molecule has 1 heterocycles. The molecule has 0 aliphatic carbocycles.